The van der Waals surface area contributed by atoms with Gasteiger partial charge in [0.25, 0.3) is 0 Å². The molecule has 0 saturated heterocycles. The maximum atomic E-state index is 13.0. The maximum absolute atomic E-state index is 13.0. The Morgan fingerprint density at radius 3 is 2.33 bits per heavy atom. The lowest BCUT2D eigenvalue weighted by molar-refractivity contribution is -0.141. The van der Waals surface area contributed by atoms with Crippen molar-refractivity contribution in [3.8, 4) is 0 Å². The van der Waals surface area contributed by atoms with Crippen molar-refractivity contribution < 1.29 is 9.53 Å². The number of ether oxygens (including phenoxy) is 1. The Bertz CT molecular complexity index is 679. The van der Waals surface area contributed by atoms with E-state index in [4.69, 9.17) is 4.74 Å². The van der Waals surface area contributed by atoms with E-state index in [1.165, 1.54) is 5.56 Å². The minimum Gasteiger partial charge on any atom is -0.384 e. The van der Waals surface area contributed by atoms with Crippen molar-refractivity contribution in [2.24, 2.45) is 5.41 Å². The van der Waals surface area contributed by atoms with E-state index in [9.17, 15) is 4.79 Å². The molecule has 4 heteroatoms. The first kappa shape index (κ1) is 16.7. The number of benzene rings is 1. The fourth-order valence-electron chi connectivity index (χ4n) is 3.27. The average molecular weight is 324 g/mol. The minimum atomic E-state index is -0.370. The molecule has 0 bridgehead atoms. The smallest absolute Gasteiger partial charge is 0.229 e. The van der Waals surface area contributed by atoms with Crippen LogP contribution in [0.3, 0.4) is 0 Å². The number of hydrogen-bond acceptors (Lipinski definition) is 3. The summed E-state index contributed by atoms with van der Waals surface area (Å²) >= 11 is 0. The summed E-state index contributed by atoms with van der Waals surface area (Å²) < 4.78 is 5.31. The molecule has 1 heterocycles. The number of carbonyl (C=O) groups is 1. The van der Waals surface area contributed by atoms with Gasteiger partial charge in [0.05, 0.1) is 18.1 Å². The van der Waals surface area contributed by atoms with E-state index in [1.807, 2.05) is 12.1 Å². The van der Waals surface area contributed by atoms with Gasteiger partial charge in [0, 0.05) is 19.5 Å². The number of aryl methyl sites for hydroxylation is 1. The van der Waals surface area contributed by atoms with E-state index >= 15 is 0 Å². The predicted octanol–water partition coefficient (Wildman–Crippen LogP) is 3.41. The molecule has 126 valence electrons. The SMILES string of the molecule is COCC1(C(=O)NC(c2ccncc2)c2ccc(C)cc2)CCC1. The van der Waals surface area contributed by atoms with E-state index in [-0.39, 0.29) is 17.4 Å². The molecule has 0 aliphatic heterocycles. The van der Waals surface area contributed by atoms with Crippen LogP contribution in [0.2, 0.25) is 0 Å². The molecule has 1 fully saturated rings. The monoisotopic (exact) mass is 324 g/mol. The molecule has 1 unspecified atom stereocenters. The van der Waals surface area contributed by atoms with Gasteiger partial charge in [0.2, 0.25) is 5.91 Å². The van der Waals surface area contributed by atoms with Crippen molar-refractivity contribution >= 4 is 5.91 Å². The summed E-state index contributed by atoms with van der Waals surface area (Å²) in [6.45, 7) is 2.54. The van der Waals surface area contributed by atoms with Gasteiger partial charge in [-0.1, -0.05) is 36.2 Å². The van der Waals surface area contributed by atoms with Crippen molar-refractivity contribution in [3.05, 3.63) is 65.5 Å². The molecule has 3 rings (SSSR count). The maximum Gasteiger partial charge on any atom is 0.229 e. The second-order valence-corrected chi connectivity index (χ2v) is 6.66. The molecule has 1 saturated carbocycles. The zero-order valence-corrected chi connectivity index (χ0v) is 14.3. The fraction of sp³-hybridized carbons (Fsp3) is 0.400. The first-order valence-electron chi connectivity index (χ1n) is 8.41. The number of nitrogens with one attached hydrogen (secondary N) is 1. The van der Waals surface area contributed by atoms with Gasteiger partial charge < -0.3 is 10.1 Å². The van der Waals surface area contributed by atoms with Crippen molar-refractivity contribution in [3.63, 3.8) is 0 Å². The summed E-state index contributed by atoms with van der Waals surface area (Å²) in [5.74, 6) is 0.0815. The van der Waals surface area contributed by atoms with Gasteiger partial charge in [-0.05, 0) is 43.0 Å². The topological polar surface area (TPSA) is 51.2 Å². The summed E-state index contributed by atoms with van der Waals surface area (Å²) in [6, 6.07) is 12.0. The summed E-state index contributed by atoms with van der Waals surface area (Å²) in [7, 11) is 1.66. The Morgan fingerprint density at radius 1 is 1.17 bits per heavy atom. The third-order valence-corrected chi connectivity index (χ3v) is 4.94. The third-order valence-electron chi connectivity index (χ3n) is 4.94. The Kier molecular flexibility index (Phi) is 4.95. The lowest BCUT2D eigenvalue weighted by Crippen LogP contribution is -2.49. The lowest BCUT2D eigenvalue weighted by atomic mass is 9.68. The first-order chi connectivity index (χ1) is 11.6. The summed E-state index contributed by atoms with van der Waals surface area (Å²) in [5, 5.41) is 3.25. The number of nitrogens with zero attached hydrogens (tertiary/aromatic N) is 1. The zero-order valence-electron chi connectivity index (χ0n) is 14.3. The number of carbonyl (C=O) groups excluding carboxylic acids is 1. The van der Waals surface area contributed by atoms with Crippen LogP contribution in [-0.4, -0.2) is 24.6 Å². The van der Waals surface area contributed by atoms with E-state index in [0.717, 1.165) is 30.4 Å². The molecule has 0 radical (unpaired) electrons. The van der Waals surface area contributed by atoms with Gasteiger partial charge >= 0.3 is 0 Å². The summed E-state index contributed by atoms with van der Waals surface area (Å²) in [4.78, 5) is 17.0. The minimum absolute atomic E-state index is 0.0815. The van der Waals surface area contributed by atoms with Crippen molar-refractivity contribution in [1.29, 1.82) is 0 Å². The Balaban J connectivity index is 1.88. The molecule has 1 aliphatic rings. The molecule has 24 heavy (non-hydrogen) atoms. The average Bonchev–Trinajstić information content (AvgIpc) is 2.57. The Morgan fingerprint density at radius 2 is 1.79 bits per heavy atom. The van der Waals surface area contributed by atoms with E-state index in [2.05, 4.69) is 41.5 Å². The second-order valence-electron chi connectivity index (χ2n) is 6.66. The van der Waals surface area contributed by atoms with Gasteiger partial charge in [-0.3, -0.25) is 9.78 Å². The fourth-order valence-corrected chi connectivity index (χ4v) is 3.27. The number of methoxy groups -OCH3 is 1. The second kappa shape index (κ2) is 7.14. The highest BCUT2D eigenvalue weighted by Crippen LogP contribution is 2.42. The predicted molar refractivity (Wildman–Crippen MR) is 93.6 cm³/mol. The van der Waals surface area contributed by atoms with Crippen molar-refractivity contribution in [1.82, 2.24) is 10.3 Å². The molecule has 1 amide bonds. The number of hydrogen-bond donors (Lipinski definition) is 1. The van der Waals surface area contributed by atoms with Gasteiger partial charge in [0.15, 0.2) is 0 Å². The molecule has 1 aliphatic carbocycles. The molecular formula is C20H24N2O2. The molecular weight excluding hydrogens is 300 g/mol. The molecule has 1 atom stereocenters. The number of aromatic nitrogens is 1. The molecule has 1 aromatic heterocycles. The number of rotatable bonds is 6. The van der Waals surface area contributed by atoms with E-state index in [0.29, 0.717) is 6.61 Å². The van der Waals surface area contributed by atoms with Crippen LogP contribution >= 0.6 is 0 Å². The largest absolute Gasteiger partial charge is 0.384 e. The standard InChI is InChI=1S/C20H24N2O2/c1-15-4-6-16(7-5-15)18(17-8-12-21-13-9-17)22-19(23)20(14-24-2)10-3-11-20/h4-9,12-13,18H,3,10-11,14H2,1-2H3,(H,22,23). The van der Waals surface area contributed by atoms with Crippen LogP contribution < -0.4 is 5.32 Å². The lowest BCUT2D eigenvalue weighted by Gasteiger charge is -2.40. The van der Waals surface area contributed by atoms with Crippen LogP contribution in [0.25, 0.3) is 0 Å². The molecule has 1 N–H and O–H groups in total. The van der Waals surface area contributed by atoms with Crippen LogP contribution in [-0.2, 0) is 9.53 Å². The van der Waals surface area contributed by atoms with Gasteiger partial charge in [-0.25, -0.2) is 0 Å². The Labute approximate surface area is 143 Å². The molecule has 0 spiro atoms. The van der Waals surface area contributed by atoms with E-state index in [1.54, 1.807) is 19.5 Å². The van der Waals surface area contributed by atoms with Gasteiger partial charge in [0.1, 0.15) is 0 Å². The first-order valence-corrected chi connectivity index (χ1v) is 8.41. The molecule has 1 aromatic carbocycles. The van der Waals surface area contributed by atoms with E-state index < -0.39 is 0 Å². The highest BCUT2D eigenvalue weighted by molar-refractivity contribution is 5.84. The van der Waals surface area contributed by atoms with Crippen LogP contribution in [0.4, 0.5) is 0 Å². The summed E-state index contributed by atoms with van der Waals surface area (Å²) in [5.41, 5.74) is 2.94. The number of amides is 1. The van der Waals surface area contributed by atoms with Crippen LogP contribution in [0.1, 0.15) is 42.0 Å². The van der Waals surface area contributed by atoms with Crippen LogP contribution in [0.15, 0.2) is 48.8 Å². The van der Waals surface area contributed by atoms with Crippen LogP contribution in [0, 0.1) is 12.3 Å². The zero-order chi connectivity index (χ0) is 17.0. The Hall–Kier alpha value is -2.20. The molecule has 2 aromatic rings. The summed E-state index contributed by atoms with van der Waals surface area (Å²) in [6.07, 6.45) is 6.39. The highest BCUT2D eigenvalue weighted by Gasteiger charge is 2.44. The van der Waals surface area contributed by atoms with Crippen molar-refractivity contribution in [2.45, 2.75) is 32.2 Å². The highest BCUT2D eigenvalue weighted by atomic mass is 16.5. The van der Waals surface area contributed by atoms with Crippen molar-refractivity contribution in [2.75, 3.05) is 13.7 Å². The third kappa shape index (κ3) is 3.34. The van der Waals surface area contributed by atoms with Crippen LogP contribution in [0.5, 0.6) is 0 Å². The normalized spacial score (nSPS) is 16.9. The van der Waals surface area contributed by atoms with Gasteiger partial charge in [-0.2, -0.15) is 0 Å². The number of pyridine rings is 1. The van der Waals surface area contributed by atoms with Gasteiger partial charge in [-0.15, -0.1) is 0 Å². The quantitative estimate of drug-likeness (QED) is 0.886. The molecule has 4 nitrogen and oxygen atoms in total.